The molecule has 0 aromatic carbocycles. The molecule has 4 heteroatoms. The van der Waals surface area contributed by atoms with Crippen LogP contribution in [-0.4, -0.2) is 38.9 Å². The standard InChI is InChI=1S/C13H24N2O.ClH/c1-2-13(3-5-14-6-4-13)9-11(1)12-10-15-7-8-16-12;/h11-12,14-15H,1-10H2;1H. The SMILES string of the molecule is C1CC2(CCN1)CCC(C1CNCCO1)C2.Cl. The van der Waals surface area contributed by atoms with Crippen LogP contribution >= 0.6 is 12.4 Å². The summed E-state index contributed by atoms with van der Waals surface area (Å²) in [6, 6.07) is 0. The van der Waals surface area contributed by atoms with Gasteiger partial charge in [0.25, 0.3) is 0 Å². The van der Waals surface area contributed by atoms with Crippen LogP contribution in [-0.2, 0) is 4.74 Å². The van der Waals surface area contributed by atoms with Gasteiger partial charge in [-0.25, -0.2) is 0 Å². The van der Waals surface area contributed by atoms with Gasteiger partial charge in [-0.3, -0.25) is 0 Å². The van der Waals surface area contributed by atoms with Gasteiger partial charge in [-0.1, -0.05) is 0 Å². The predicted molar refractivity (Wildman–Crippen MR) is 71.7 cm³/mol. The molecule has 0 radical (unpaired) electrons. The minimum absolute atomic E-state index is 0. The van der Waals surface area contributed by atoms with Gasteiger partial charge in [-0.05, 0) is 56.5 Å². The first-order chi connectivity index (χ1) is 7.88. The Kier molecular flexibility index (Phi) is 4.70. The lowest BCUT2D eigenvalue weighted by molar-refractivity contribution is -0.0115. The molecule has 1 spiro atoms. The number of hydrogen-bond acceptors (Lipinski definition) is 3. The Labute approximate surface area is 110 Å². The van der Waals surface area contributed by atoms with Gasteiger partial charge in [0.05, 0.1) is 12.7 Å². The zero-order valence-electron chi connectivity index (χ0n) is 10.5. The summed E-state index contributed by atoms with van der Waals surface area (Å²) in [5, 5.41) is 6.95. The molecule has 2 heterocycles. The first-order valence-electron chi connectivity index (χ1n) is 6.91. The fourth-order valence-electron chi connectivity index (χ4n) is 3.87. The van der Waals surface area contributed by atoms with Crippen molar-refractivity contribution in [2.45, 2.75) is 38.2 Å². The highest BCUT2D eigenvalue weighted by Crippen LogP contribution is 2.49. The van der Waals surface area contributed by atoms with Gasteiger partial charge in [0.15, 0.2) is 0 Å². The Balaban J connectivity index is 0.00000108. The van der Waals surface area contributed by atoms with Crippen molar-refractivity contribution in [1.29, 1.82) is 0 Å². The number of morpholine rings is 1. The maximum Gasteiger partial charge on any atom is 0.0728 e. The summed E-state index contributed by atoms with van der Waals surface area (Å²) in [6.07, 6.45) is 7.54. The fourth-order valence-corrected chi connectivity index (χ4v) is 3.87. The van der Waals surface area contributed by atoms with E-state index >= 15 is 0 Å². The molecule has 0 aromatic rings. The molecule has 1 saturated carbocycles. The summed E-state index contributed by atoms with van der Waals surface area (Å²) in [5.74, 6) is 0.825. The first-order valence-corrected chi connectivity index (χ1v) is 6.91. The Morgan fingerprint density at radius 3 is 2.53 bits per heavy atom. The summed E-state index contributed by atoms with van der Waals surface area (Å²) in [6.45, 7) is 5.50. The van der Waals surface area contributed by atoms with Crippen LogP contribution < -0.4 is 10.6 Å². The molecule has 2 atom stereocenters. The Morgan fingerprint density at radius 1 is 1.00 bits per heavy atom. The van der Waals surface area contributed by atoms with E-state index in [2.05, 4.69) is 10.6 Å². The molecular formula is C13H25ClN2O. The summed E-state index contributed by atoms with van der Waals surface area (Å²) in [4.78, 5) is 0. The molecular weight excluding hydrogens is 236 g/mol. The molecule has 17 heavy (non-hydrogen) atoms. The second-order valence-electron chi connectivity index (χ2n) is 5.87. The quantitative estimate of drug-likeness (QED) is 0.751. The van der Waals surface area contributed by atoms with Crippen LogP contribution in [0, 0.1) is 11.3 Å². The number of rotatable bonds is 1. The monoisotopic (exact) mass is 260 g/mol. The molecule has 3 rings (SSSR count). The van der Waals surface area contributed by atoms with E-state index < -0.39 is 0 Å². The lowest BCUT2D eigenvalue weighted by Crippen LogP contribution is -2.42. The van der Waals surface area contributed by atoms with Crippen LogP contribution in [0.25, 0.3) is 0 Å². The maximum absolute atomic E-state index is 5.92. The van der Waals surface area contributed by atoms with Crippen molar-refractivity contribution in [3.05, 3.63) is 0 Å². The molecule has 0 amide bonds. The average Bonchev–Trinajstić information content (AvgIpc) is 2.75. The van der Waals surface area contributed by atoms with Crippen LogP contribution in [0.2, 0.25) is 0 Å². The highest BCUT2D eigenvalue weighted by atomic mass is 35.5. The van der Waals surface area contributed by atoms with Gasteiger partial charge < -0.3 is 15.4 Å². The Hall–Kier alpha value is 0.170. The molecule has 2 saturated heterocycles. The average molecular weight is 261 g/mol. The molecule has 3 fully saturated rings. The lowest BCUT2D eigenvalue weighted by Gasteiger charge is -2.35. The first kappa shape index (κ1) is 13.6. The highest BCUT2D eigenvalue weighted by molar-refractivity contribution is 5.85. The van der Waals surface area contributed by atoms with E-state index in [-0.39, 0.29) is 12.4 Å². The van der Waals surface area contributed by atoms with Crippen LogP contribution in [0.1, 0.15) is 32.1 Å². The van der Waals surface area contributed by atoms with Gasteiger partial charge in [0.2, 0.25) is 0 Å². The number of ether oxygens (including phenoxy) is 1. The van der Waals surface area contributed by atoms with E-state index in [0.29, 0.717) is 11.5 Å². The minimum atomic E-state index is 0. The van der Waals surface area contributed by atoms with E-state index in [0.717, 1.165) is 25.6 Å². The third-order valence-corrected chi connectivity index (χ3v) is 4.89. The number of nitrogens with one attached hydrogen (secondary N) is 2. The van der Waals surface area contributed by atoms with E-state index in [1.54, 1.807) is 0 Å². The smallest absolute Gasteiger partial charge is 0.0728 e. The summed E-state index contributed by atoms with van der Waals surface area (Å²) in [7, 11) is 0. The molecule has 0 bridgehead atoms. The Bertz CT molecular complexity index is 238. The molecule has 1 aliphatic carbocycles. The largest absolute Gasteiger partial charge is 0.375 e. The van der Waals surface area contributed by atoms with Crippen molar-refractivity contribution in [2.75, 3.05) is 32.8 Å². The zero-order chi connectivity index (χ0) is 10.8. The normalized spacial score (nSPS) is 36.7. The van der Waals surface area contributed by atoms with Crippen molar-refractivity contribution >= 4 is 12.4 Å². The van der Waals surface area contributed by atoms with Crippen molar-refractivity contribution in [1.82, 2.24) is 10.6 Å². The molecule has 2 unspecified atom stereocenters. The van der Waals surface area contributed by atoms with Crippen LogP contribution in [0.5, 0.6) is 0 Å². The van der Waals surface area contributed by atoms with Crippen LogP contribution in [0.4, 0.5) is 0 Å². The minimum Gasteiger partial charge on any atom is -0.375 e. The van der Waals surface area contributed by atoms with E-state index in [4.69, 9.17) is 4.74 Å². The van der Waals surface area contributed by atoms with Crippen molar-refractivity contribution in [2.24, 2.45) is 11.3 Å². The van der Waals surface area contributed by atoms with Gasteiger partial charge in [0.1, 0.15) is 0 Å². The molecule has 3 aliphatic rings. The highest BCUT2D eigenvalue weighted by Gasteiger charge is 2.42. The molecule has 3 nitrogen and oxygen atoms in total. The summed E-state index contributed by atoms with van der Waals surface area (Å²) in [5.41, 5.74) is 0.677. The van der Waals surface area contributed by atoms with Crippen molar-refractivity contribution in [3.8, 4) is 0 Å². The molecule has 2 N–H and O–H groups in total. The third kappa shape index (κ3) is 2.95. The van der Waals surface area contributed by atoms with Crippen molar-refractivity contribution in [3.63, 3.8) is 0 Å². The number of piperidine rings is 1. The van der Waals surface area contributed by atoms with Gasteiger partial charge in [-0.15, -0.1) is 12.4 Å². The second-order valence-corrected chi connectivity index (χ2v) is 5.87. The third-order valence-electron chi connectivity index (χ3n) is 4.89. The predicted octanol–water partition coefficient (Wildman–Crippen LogP) is 1.57. The topological polar surface area (TPSA) is 33.3 Å². The zero-order valence-corrected chi connectivity index (χ0v) is 11.4. The van der Waals surface area contributed by atoms with Crippen LogP contribution in [0.3, 0.4) is 0 Å². The molecule has 0 aromatic heterocycles. The second kappa shape index (κ2) is 5.87. The lowest BCUT2D eigenvalue weighted by atomic mass is 9.76. The number of hydrogen-bond donors (Lipinski definition) is 2. The summed E-state index contributed by atoms with van der Waals surface area (Å²) < 4.78 is 5.92. The van der Waals surface area contributed by atoms with Crippen molar-refractivity contribution < 1.29 is 4.74 Å². The molecule has 2 aliphatic heterocycles. The molecule has 100 valence electrons. The van der Waals surface area contributed by atoms with Gasteiger partial charge in [0, 0.05) is 13.1 Å². The summed E-state index contributed by atoms with van der Waals surface area (Å²) >= 11 is 0. The maximum atomic E-state index is 5.92. The number of halogens is 1. The van der Waals surface area contributed by atoms with E-state index in [9.17, 15) is 0 Å². The fraction of sp³-hybridized carbons (Fsp3) is 1.00. The van der Waals surface area contributed by atoms with Gasteiger partial charge >= 0.3 is 0 Å². The van der Waals surface area contributed by atoms with E-state index in [1.165, 1.54) is 45.2 Å². The van der Waals surface area contributed by atoms with Crippen LogP contribution in [0.15, 0.2) is 0 Å². The Morgan fingerprint density at radius 2 is 1.82 bits per heavy atom. The van der Waals surface area contributed by atoms with Gasteiger partial charge in [-0.2, -0.15) is 0 Å². The van der Waals surface area contributed by atoms with E-state index in [1.807, 2.05) is 0 Å².